The van der Waals surface area contributed by atoms with E-state index in [0.29, 0.717) is 17.5 Å². The predicted molar refractivity (Wildman–Crippen MR) is 239 cm³/mol. The van der Waals surface area contributed by atoms with Gasteiger partial charge in [-0.25, -0.2) is 15.0 Å². The summed E-state index contributed by atoms with van der Waals surface area (Å²) in [6.07, 6.45) is 10.9. The molecule has 5 aromatic carbocycles. The van der Waals surface area contributed by atoms with Gasteiger partial charge in [-0.2, -0.15) is 0 Å². The first-order chi connectivity index (χ1) is 29.7. The van der Waals surface area contributed by atoms with Crippen molar-refractivity contribution in [2.75, 3.05) is 0 Å². The van der Waals surface area contributed by atoms with Gasteiger partial charge in [0.1, 0.15) is 0 Å². The Morgan fingerprint density at radius 3 is 1.13 bits per heavy atom. The van der Waals surface area contributed by atoms with Crippen LogP contribution in [0.1, 0.15) is 0 Å². The van der Waals surface area contributed by atoms with Crippen LogP contribution in [0.25, 0.3) is 122 Å². The molecule has 7 heterocycles. The van der Waals surface area contributed by atoms with Gasteiger partial charge in [0.2, 0.25) is 0 Å². The van der Waals surface area contributed by atoms with E-state index in [4.69, 9.17) is 34.9 Å². The monoisotopic (exact) mass is 767 g/mol. The van der Waals surface area contributed by atoms with Crippen LogP contribution >= 0.6 is 0 Å². The molecule has 0 aliphatic heterocycles. The molecule has 0 N–H and O–H groups in total. The smallest absolute Gasteiger partial charge is 0.164 e. The van der Waals surface area contributed by atoms with E-state index >= 15 is 0 Å². The van der Waals surface area contributed by atoms with Crippen molar-refractivity contribution in [3.05, 3.63) is 177 Å². The minimum Gasteiger partial charge on any atom is -0.256 e. The van der Waals surface area contributed by atoms with E-state index < -0.39 is 0 Å². The summed E-state index contributed by atoms with van der Waals surface area (Å²) in [6, 6.07) is 47.2. The summed E-state index contributed by atoms with van der Waals surface area (Å²) in [6.45, 7) is 0. The molecule has 0 radical (unpaired) electrons. The normalized spacial score (nSPS) is 11.7. The third-order valence-corrected chi connectivity index (χ3v) is 11.1. The van der Waals surface area contributed by atoms with Gasteiger partial charge in [-0.1, -0.05) is 60.7 Å². The molecule has 0 aliphatic carbocycles. The molecule has 12 rings (SSSR count). The SMILES string of the molecule is c1cnc2cc(-c3nc(-c4cc(-c5c6cccnc6cc6cccnc56)cc(-c5c6cccnc6cc6cccnc56)c4)nc(-c4ccc5cccnc5c4)n3)ccc2c1. The maximum Gasteiger partial charge on any atom is 0.164 e. The number of hydrogen-bond acceptors (Lipinski definition) is 9. The van der Waals surface area contributed by atoms with Gasteiger partial charge >= 0.3 is 0 Å². The van der Waals surface area contributed by atoms with E-state index in [9.17, 15) is 0 Å². The van der Waals surface area contributed by atoms with Crippen LogP contribution in [0.3, 0.4) is 0 Å². The summed E-state index contributed by atoms with van der Waals surface area (Å²) in [5, 5.41) is 6.02. The van der Waals surface area contributed by atoms with Gasteiger partial charge in [-0.05, 0) is 90.0 Å². The van der Waals surface area contributed by atoms with Crippen LogP contribution in [0, 0.1) is 0 Å². The molecule has 0 amide bonds. The first-order valence-corrected chi connectivity index (χ1v) is 19.6. The van der Waals surface area contributed by atoms with Crippen LogP contribution in [0.15, 0.2) is 177 Å². The molecular formula is C51H29N9. The molecule has 60 heavy (non-hydrogen) atoms. The lowest BCUT2D eigenvalue weighted by Crippen LogP contribution is -2.01. The molecule has 0 aliphatic rings. The van der Waals surface area contributed by atoms with Gasteiger partial charge in [0.25, 0.3) is 0 Å². The fraction of sp³-hybridized carbons (Fsp3) is 0. The zero-order valence-electron chi connectivity index (χ0n) is 31.8. The van der Waals surface area contributed by atoms with E-state index in [1.54, 1.807) is 12.4 Å². The molecule has 278 valence electrons. The van der Waals surface area contributed by atoms with E-state index in [-0.39, 0.29) is 0 Å². The maximum atomic E-state index is 5.27. The van der Waals surface area contributed by atoms with Gasteiger partial charge < -0.3 is 0 Å². The third-order valence-electron chi connectivity index (χ3n) is 11.1. The molecule has 0 saturated heterocycles. The number of pyridine rings is 6. The van der Waals surface area contributed by atoms with Crippen LogP contribution in [-0.2, 0) is 0 Å². The Morgan fingerprint density at radius 2 is 0.650 bits per heavy atom. The molecule has 12 aromatic rings. The van der Waals surface area contributed by atoms with Crippen LogP contribution in [0.2, 0.25) is 0 Å². The minimum absolute atomic E-state index is 0.506. The zero-order chi connectivity index (χ0) is 39.6. The van der Waals surface area contributed by atoms with Crippen molar-refractivity contribution in [3.63, 3.8) is 0 Å². The number of hydrogen-bond donors (Lipinski definition) is 0. The summed E-state index contributed by atoms with van der Waals surface area (Å²) >= 11 is 0. The highest BCUT2D eigenvalue weighted by molar-refractivity contribution is 6.13. The summed E-state index contributed by atoms with van der Waals surface area (Å²) in [4.78, 5) is 44.5. The van der Waals surface area contributed by atoms with Crippen LogP contribution in [0.5, 0.6) is 0 Å². The highest BCUT2D eigenvalue weighted by Gasteiger charge is 2.20. The molecule has 7 aromatic heterocycles. The first kappa shape index (κ1) is 33.7. The number of benzene rings is 5. The Kier molecular flexibility index (Phi) is 7.64. The lowest BCUT2D eigenvalue weighted by molar-refractivity contribution is 1.07. The van der Waals surface area contributed by atoms with Gasteiger partial charge in [0.05, 0.1) is 33.1 Å². The second kappa shape index (κ2) is 13.6. The Morgan fingerprint density at radius 1 is 0.267 bits per heavy atom. The summed E-state index contributed by atoms with van der Waals surface area (Å²) in [7, 11) is 0. The largest absolute Gasteiger partial charge is 0.256 e. The molecule has 0 unspecified atom stereocenters. The van der Waals surface area contributed by atoms with E-state index in [0.717, 1.165) is 104 Å². The second-order valence-corrected chi connectivity index (χ2v) is 14.7. The fourth-order valence-corrected chi connectivity index (χ4v) is 8.33. The van der Waals surface area contributed by atoms with E-state index in [1.165, 1.54) is 0 Å². The lowest BCUT2D eigenvalue weighted by atomic mass is 9.90. The minimum atomic E-state index is 0.506. The predicted octanol–water partition coefficient (Wildman–Crippen LogP) is 11.5. The summed E-state index contributed by atoms with van der Waals surface area (Å²) in [5.41, 5.74) is 11.4. The van der Waals surface area contributed by atoms with Crippen molar-refractivity contribution in [1.29, 1.82) is 0 Å². The maximum absolute atomic E-state index is 5.27. The average Bonchev–Trinajstić information content (AvgIpc) is 3.31. The van der Waals surface area contributed by atoms with Gasteiger partial charge in [0, 0.05) is 97.3 Å². The Balaban J connectivity index is 1.18. The molecule has 9 heteroatoms. The van der Waals surface area contributed by atoms with Gasteiger partial charge in [-0.3, -0.25) is 29.9 Å². The Hall–Kier alpha value is -8.43. The molecule has 0 bridgehead atoms. The van der Waals surface area contributed by atoms with Crippen molar-refractivity contribution in [2.24, 2.45) is 0 Å². The lowest BCUT2D eigenvalue weighted by Gasteiger charge is -2.16. The van der Waals surface area contributed by atoms with Gasteiger partial charge in [-0.15, -0.1) is 0 Å². The van der Waals surface area contributed by atoms with Crippen molar-refractivity contribution in [2.45, 2.75) is 0 Å². The van der Waals surface area contributed by atoms with Crippen LogP contribution < -0.4 is 0 Å². The Labute approximate surface area is 342 Å². The second-order valence-electron chi connectivity index (χ2n) is 14.7. The molecule has 9 nitrogen and oxygen atoms in total. The fourth-order valence-electron chi connectivity index (χ4n) is 8.33. The Bertz CT molecular complexity index is 3360. The van der Waals surface area contributed by atoms with Gasteiger partial charge in [0.15, 0.2) is 17.5 Å². The number of rotatable bonds is 5. The zero-order valence-corrected chi connectivity index (χ0v) is 31.8. The summed E-state index contributed by atoms with van der Waals surface area (Å²) < 4.78 is 0. The average molecular weight is 768 g/mol. The molecule has 0 saturated carbocycles. The van der Waals surface area contributed by atoms with Crippen molar-refractivity contribution in [1.82, 2.24) is 44.9 Å². The van der Waals surface area contributed by atoms with Crippen molar-refractivity contribution >= 4 is 65.4 Å². The molecule has 0 spiro atoms. The van der Waals surface area contributed by atoms with Crippen LogP contribution in [-0.4, -0.2) is 44.9 Å². The number of aromatic nitrogens is 9. The topological polar surface area (TPSA) is 116 Å². The molecule has 0 fully saturated rings. The van der Waals surface area contributed by atoms with E-state index in [1.807, 2.05) is 97.6 Å². The quantitative estimate of drug-likeness (QED) is 0.158. The number of nitrogens with zero attached hydrogens (tertiary/aromatic N) is 9. The highest BCUT2D eigenvalue weighted by atomic mass is 15.0. The first-order valence-electron chi connectivity index (χ1n) is 19.6. The van der Waals surface area contributed by atoms with Crippen LogP contribution in [0.4, 0.5) is 0 Å². The van der Waals surface area contributed by atoms with Crippen molar-refractivity contribution in [3.8, 4) is 56.4 Å². The number of fused-ring (bicyclic) bond motifs is 6. The van der Waals surface area contributed by atoms with Crippen molar-refractivity contribution < 1.29 is 0 Å². The standard InChI is InChI=1S/C51H29N9/c1-7-30-13-15-34(28-41(30)52-17-1)49-58-50(35-16-14-31-8-2-18-53-42(31)29-35)60-51(59-49)38-24-36(45-39-11-5-19-54-43(39)26-32-9-3-21-56-47(32)45)23-37(25-38)46-40-12-6-20-55-44(40)27-33-10-4-22-57-48(33)46/h1-29H. The molecular weight excluding hydrogens is 739 g/mol. The molecule has 0 atom stereocenters. The summed E-state index contributed by atoms with van der Waals surface area (Å²) in [5.74, 6) is 1.56. The third kappa shape index (κ3) is 5.67. The highest BCUT2D eigenvalue weighted by Crippen LogP contribution is 2.42. The van der Waals surface area contributed by atoms with E-state index in [2.05, 4.69) is 76.7 Å².